The predicted molar refractivity (Wildman–Crippen MR) is 84.2 cm³/mol. The van der Waals surface area contributed by atoms with Gasteiger partial charge in [-0.15, -0.1) is 0 Å². The van der Waals surface area contributed by atoms with E-state index in [9.17, 15) is 14.4 Å². The molecule has 0 aromatic heterocycles. The first-order chi connectivity index (χ1) is 11.1. The molecular formula is C15H15N3O4S. The second-order valence-corrected chi connectivity index (χ2v) is 6.25. The van der Waals surface area contributed by atoms with Crippen LogP contribution in [0.2, 0.25) is 0 Å². The van der Waals surface area contributed by atoms with E-state index in [-0.39, 0.29) is 16.9 Å². The molecule has 2 unspecified atom stereocenters. The number of imide groups is 1. The molecule has 23 heavy (non-hydrogen) atoms. The monoisotopic (exact) mass is 333 g/mol. The van der Waals surface area contributed by atoms with E-state index in [0.29, 0.717) is 6.54 Å². The van der Waals surface area contributed by atoms with Gasteiger partial charge in [0.25, 0.3) is 11.1 Å². The number of thioether (sulfide) groups is 1. The molecule has 120 valence electrons. The Balaban J connectivity index is 1.80. The van der Waals surface area contributed by atoms with E-state index >= 15 is 0 Å². The number of carbonyl (C=O) groups is 3. The maximum Gasteiger partial charge on any atom is 0.323 e. The molecule has 2 atom stereocenters. The lowest BCUT2D eigenvalue weighted by Gasteiger charge is -2.16. The van der Waals surface area contributed by atoms with Crippen LogP contribution in [0.1, 0.15) is 11.6 Å². The van der Waals surface area contributed by atoms with E-state index in [4.69, 9.17) is 5.11 Å². The Morgan fingerprint density at radius 3 is 2.78 bits per heavy atom. The van der Waals surface area contributed by atoms with Gasteiger partial charge in [-0.2, -0.15) is 0 Å². The highest BCUT2D eigenvalue weighted by atomic mass is 32.2. The quantitative estimate of drug-likeness (QED) is 0.710. The molecule has 0 spiro atoms. The van der Waals surface area contributed by atoms with Crippen LogP contribution in [0.25, 0.3) is 0 Å². The van der Waals surface area contributed by atoms with Crippen molar-refractivity contribution in [3.05, 3.63) is 46.9 Å². The number of carboxylic acid groups (broad SMARTS) is 1. The van der Waals surface area contributed by atoms with Crippen molar-refractivity contribution in [3.8, 4) is 0 Å². The van der Waals surface area contributed by atoms with Crippen LogP contribution in [0.3, 0.4) is 0 Å². The lowest BCUT2D eigenvalue weighted by molar-refractivity contribution is -0.140. The smallest absolute Gasteiger partial charge is 0.323 e. The number of nitrogens with one attached hydrogen (secondary N) is 2. The second-order valence-electron chi connectivity index (χ2n) is 5.26. The van der Waals surface area contributed by atoms with Crippen LogP contribution in [0.15, 0.2) is 41.3 Å². The van der Waals surface area contributed by atoms with Gasteiger partial charge in [-0.05, 0) is 17.3 Å². The topological polar surface area (TPSA) is 98.7 Å². The fourth-order valence-electron chi connectivity index (χ4n) is 2.64. The summed E-state index contributed by atoms with van der Waals surface area (Å²) >= 11 is 0.788. The number of hydrogen-bond acceptors (Lipinski definition) is 6. The molecule has 7 nitrogen and oxygen atoms in total. The highest BCUT2D eigenvalue weighted by Gasteiger charge is 2.38. The number of benzene rings is 1. The molecule has 0 aliphatic carbocycles. The lowest BCUT2D eigenvalue weighted by Crippen LogP contribution is -2.33. The summed E-state index contributed by atoms with van der Waals surface area (Å²) in [6.45, 7) is 0.00924. The highest BCUT2D eigenvalue weighted by molar-refractivity contribution is 8.18. The van der Waals surface area contributed by atoms with Crippen molar-refractivity contribution in [1.82, 2.24) is 15.8 Å². The number of aliphatic carboxylic acids is 1. The molecule has 0 radical (unpaired) electrons. The van der Waals surface area contributed by atoms with Crippen LogP contribution >= 0.6 is 11.8 Å². The summed E-state index contributed by atoms with van der Waals surface area (Å²) < 4.78 is 0. The zero-order valence-electron chi connectivity index (χ0n) is 12.1. The van der Waals surface area contributed by atoms with Gasteiger partial charge in [0.15, 0.2) is 0 Å². The first-order valence-electron chi connectivity index (χ1n) is 7.07. The fourth-order valence-corrected chi connectivity index (χ4v) is 3.52. The molecule has 3 N–H and O–H groups in total. The van der Waals surface area contributed by atoms with Crippen molar-refractivity contribution < 1.29 is 19.5 Å². The summed E-state index contributed by atoms with van der Waals surface area (Å²) in [5.74, 6) is -1.76. The molecule has 1 aromatic rings. The third-order valence-electron chi connectivity index (χ3n) is 3.71. The lowest BCUT2D eigenvalue weighted by atomic mass is 9.94. The molecule has 1 aromatic carbocycles. The maximum atomic E-state index is 12.2. The van der Waals surface area contributed by atoms with E-state index in [0.717, 1.165) is 22.2 Å². The number of rotatable bonds is 4. The van der Waals surface area contributed by atoms with Crippen LogP contribution < -0.4 is 10.9 Å². The molecule has 2 aliphatic heterocycles. The van der Waals surface area contributed by atoms with Crippen LogP contribution in [0.5, 0.6) is 0 Å². The molecule has 0 bridgehead atoms. The molecule has 2 aliphatic rings. The minimum Gasteiger partial charge on any atom is -0.480 e. The molecule has 3 rings (SSSR count). The standard InChI is InChI=1S/C15H15N3O4S/c19-12(20)8-18-14(21)11(23-15(18)22)6-10-7-16-17-13(10)9-4-2-1-3-5-9/h1-6,10,13,16-17H,7-8H2,(H,19,20)/b11-6-. The first kappa shape index (κ1) is 15.7. The second kappa shape index (κ2) is 6.53. The van der Waals surface area contributed by atoms with Crippen LogP contribution in [0, 0.1) is 5.92 Å². The fraction of sp³-hybridized carbons (Fsp3) is 0.267. The Hall–Kier alpha value is -2.16. The van der Waals surface area contributed by atoms with Crippen molar-refractivity contribution in [2.45, 2.75) is 6.04 Å². The van der Waals surface area contributed by atoms with Crippen molar-refractivity contribution in [2.75, 3.05) is 13.1 Å². The number of hydrazine groups is 1. The van der Waals surface area contributed by atoms with Crippen molar-refractivity contribution in [2.24, 2.45) is 5.92 Å². The Labute approximate surface area is 136 Å². The zero-order chi connectivity index (χ0) is 16.4. The minimum atomic E-state index is -1.21. The van der Waals surface area contributed by atoms with Gasteiger partial charge in [0, 0.05) is 12.5 Å². The number of carboxylic acids is 1. The van der Waals surface area contributed by atoms with Gasteiger partial charge in [0.1, 0.15) is 6.54 Å². The van der Waals surface area contributed by atoms with E-state index in [1.807, 2.05) is 30.3 Å². The molecule has 0 saturated carbocycles. The van der Waals surface area contributed by atoms with Crippen molar-refractivity contribution in [1.29, 1.82) is 0 Å². The zero-order valence-corrected chi connectivity index (χ0v) is 12.9. The summed E-state index contributed by atoms with van der Waals surface area (Å²) in [6, 6.07) is 9.77. The highest BCUT2D eigenvalue weighted by Crippen LogP contribution is 2.34. The molecular weight excluding hydrogens is 318 g/mol. The molecule has 2 saturated heterocycles. The largest absolute Gasteiger partial charge is 0.480 e. The Bertz CT molecular complexity index is 677. The summed E-state index contributed by atoms with van der Waals surface area (Å²) in [7, 11) is 0. The number of amides is 2. The van der Waals surface area contributed by atoms with E-state index in [1.165, 1.54) is 0 Å². The average Bonchev–Trinajstić information content (AvgIpc) is 3.09. The first-order valence-corrected chi connectivity index (χ1v) is 7.88. The van der Waals surface area contributed by atoms with Gasteiger partial charge in [-0.3, -0.25) is 24.7 Å². The van der Waals surface area contributed by atoms with Gasteiger partial charge in [-0.25, -0.2) is 5.43 Å². The third-order valence-corrected chi connectivity index (χ3v) is 4.64. The van der Waals surface area contributed by atoms with Crippen LogP contribution in [-0.2, 0) is 9.59 Å². The van der Waals surface area contributed by atoms with E-state index in [1.54, 1.807) is 6.08 Å². The van der Waals surface area contributed by atoms with E-state index < -0.39 is 23.7 Å². The van der Waals surface area contributed by atoms with Crippen LogP contribution in [-0.4, -0.2) is 40.2 Å². The summed E-state index contributed by atoms with van der Waals surface area (Å²) in [6.07, 6.45) is 1.75. The summed E-state index contributed by atoms with van der Waals surface area (Å²) in [5, 5.41) is 8.23. The van der Waals surface area contributed by atoms with E-state index in [2.05, 4.69) is 10.9 Å². The molecule has 2 amide bonds. The number of hydrogen-bond donors (Lipinski definition) is 3. The normalized spacial score (nSPS) is 26.3. The SMILES string of the molecule is O=C(O)CN1C(=O)S/C(=C\C2CNNC2c2ccccc2)C1=O. The van der Waals surface area contributed by atoms with Gasteiger partial charge in [0.05, 0.1) is 10.9 Å². The Morgan fingerprint density at radius 1 is 1.35 bits per heavy atom. The van der Waals surface area contributed by atoms with Gasteiger partial charge < -0.3 is 5.11 Å². The average molecular weight is 333 g/mol. The molecule has 2 heterocycles. The maximum absolute atomic E-state index is 12.2. The van der Waals surface area contributed by atoms with Gasteiger partial charge >= 0.3 is 5.97 Å². The summed E-state index contributed by atoms with van der Waals surface area (Å²) in [4.78, 5) is 35.8. The van der Waals surface area contributed by atoms with Crippen LogP contribution in [0.4, 0.5) is 4.79 Å². The van der Waals surface area contributed by atoms with Crippen molar-refractivity contribution >= 4 is 28.9 Å². The summed E-state index contributed by atoms with van der Waals surface area (Å²) in [5.41, 5.74) is 7.29. The third kappa shape index (κ3) is 3.29. The molecule has 2 fully saturated rings. The Kier molecular flexibility index (Phi) is 4.46. The number of nitrogens with zero attached hydrogens (tertiary/aromatic N) is 1. The molecule has 8 heteroatoms. The van der Waals surface area contributed by atoms with Gasteiger partial charge in [0.2, 0.25) is 0 Å². The number of carbonyl (C=O) groups excluding carboxylic acids is 2. The predicted octanol–water partition coefficient (Wildman–Crippen LogP) is 1.12. The Morgan fingerprint density at radius 2 is 2.09 bits per heavy atom. The van der Waals surface area contributed by atoms with Gasteiger partial charge in [-0.1, -0.05) is 36.4 Å². The minimum absolute atomic E-state index is 0.0126. The van der Waals surface area contributed by atoms with Crippen molar-refractivity contribution in [3.63, 3.8) is 0 Å².